The molecule has 41 heavy (non-hydrogen) atoms. The van der Waals surface area contributed by atoms with Gasteiger partial charge in [0.15, 0.2) is 10.8 Å². The Hall–Kier alpha value is -5.55. The molecule has 3 heterocycles. The highest BCUT2D eigenvalue weighted by molar-refractivity contribution is 5.95. The molecule has 0 fully saturated rings. The maximum absolute atomic E-state index is 13.5. The van der Waals surface area contributed by atoms with Crippen LogP contribution < -0.4 is 10.2 Å². The number of nitrogens with zero attached hydrogens (tertiary/aromatic N) is 8. The number of anilines is 2. The van der Waals surface area contributed by atoms with Crippen molar-refractivity contribution in [3.05, 3.63) is 108 Å². The minimum atomic E-state index is -4.62. The number of carbonyl (C=O) groups is 1. The SMILES string of the molecule is Cc1cn(-c2cc(N=[N+]=NC(=O)c3ccc(C)c(Nc4nccc(-c5cccnc5)n4)c3)cc(C(F)(F)F)c2)cn1. The lowest BCUT2D eigenvalue weighted by molar-refractivity contribution is -0.137. The Morgan fingerprint density at radius 2 is 1.88 bits per heavy atom. The molecule has 10 nitrogen and oxygen atoms in total. The maximum Gasteiger partial charge on any atom is 0.416 e. The zero-order chi connectivity index (χ0) is 29.0. The highest BCUT2D eigenvalue weighted by Gasteiger charge is 2.32. The maximum atomic E-state index is 13.5. The molecule has 0 spiro atoms. The number of benzene rings is 2. The second-order valence-electron chi connectivity index (χ2n) is 8.91. The van der Waals surface area contributed by atoms with Crippen molar-refractivity contribution in [2.24, 2.45) is 10.2 Å². The Morgan fingerprint density at radius 3 is 2.61 bits per heavy atom. The molecule has 0 bridgehead atoms. The van der Waals surface area contributed by atoms with Gasteiger partial charge in [0.05, 0.1) is 28.8 Å². The number of amides is 1. The molecule has 0 unspecified atom stereocenters. The van der Waals surface area contributed by atoms with Crippen LogP contribution in [0.1, 0.15) is 27.2 Å². The van der Waals surface area contributed by atoms with Crippen molar-refractivity contribution in [2.45, 2.75) is 20.0 Å². The zero-order valence-electron chi connectivity index (χ0n) is 21.7. The second kappa shape index (κ2) is 11.3. The van der Waals surface area contributed by atoms with Crippen molar-refractivity contribution in [2.75, 3.05) is 5.32 Å². The van der Waals surface area contributed by atoms with Crippen molar-refractivity contribution in [3.8, 4) is 16.9 Å². The lowest BCUT2D eigenvalue weighted by atomic mass is 10.1. The fourth-order valence-corrected chi connectivity index (χ4v) is 3.80. The molecule has 1 amide bonds. The molecule has 0 saturated carbocycles. The van der Waals surface area contributed by atoms with E-state index in [1.807, 2.05) is 13.0 Å². The van der Waals surface area contributed by atoms with Gasteiger partial charge in [0.25, 0.3) is 0 Å². The monoisotopic (exact) mass is 556 g/mol. The number of imidazole rings is 1. The van der Waals surface area contributed by atoms with E-state index in [4.69, 9.17) is 0 Å². The fraction of sp³-hybridized carbons (Fsp3) is 0.107. The van der Waals surface area contributed by atoms with Crippen LogP contribution in [0.4, 0.5) is 30.5 Å². The van der Waals surface area contributed by atoms with Crippen LogP contribution in [0.2, 0.25) is 0 Å². The van der Waals surface area contributed by atoms with E-state index in [1.54, 1.807) is 62.0 Å². The summed E-state index contributed by atoms with van der Waals surface area (Å²) in [5, 5.41) is 10.4. The Morgan fingerprint density at radius 1 is 1.02 bits per heavy atom. The molecule has 204 valence electrons. The number of halogens is 3. The van der Waals surface area contributed by atoms with E-state index < -0.39 is 17.6 Å². The van der Waals surface area contributed by atoms with Crippen LogP contribution in [0, 0.1) is 13.8 Å². The third-order valence-electron chi connectivity index (χ3n) is 5.88. The number of rotatable bonds is 6. The van der Waals surface area contributed by atoms with Gasteiger partial charge in [-0.05, 0) is 67.9 Å². The summed E-state index contributed by atoms with van der Waals surface area (Å²) in [6.07, 6.45) is 3.31. The molecule has 2 aromatic carbocycles. The van der Waals surface area contributed by atoms with Gasteiger partial charge in [-0.3, -0.25) is 9.78 Å². The van der Waals surface area contributed by atoms with E-state index in [1.165, 1.54) is 17.0 Å². The second-order valence-corrected chi connectivity index (χ2v) is 8.91. The smallest absolute Gasteiger partial charge is 0.324 e. The molecule has 5 rings (SSSR count). The number of hydrogen-bond acceptors (Lipinski definition) is 7. The minimum Gasteiger partial charge on any atom is -0.324 e. The molecule has 13 heteroatoms. The fourth-order valence-electron chi connectivity index (χ4n) is 3.80. The van der Waals surface area contributed by atoms with Crippen molar-refractivity contribution in [3.63, 3.8) is 0 Å². The summed E-state index contributed by atoms with van der Waals surface area (Å²) in [4.78, 5) is 33.1. The number of aromatic nitrogens is 5. The van der Waals surface area contributed by atoms with Crippen LogP contribution in [0.15, 0.2) is 95.9 Å². The third-order valence-corrected chi connectivity index (χ3v) is 5.88. The predicted molar refractivity (Wildman–Crippen MR) is 144 cm³/mol. The number of hydrogen-bond donors (Lipinski definition) is 1. The van der Waals surface area contributed by atoms with Gasteiger partial charge >= 0.3 is 12.1 Å². The van der Waals surface area contributed by atoms with Gasteiger partial charge in [0.1, 0.15) is 0 Å². The standard InChI is InChI=1S/C28H21F3N9O/c1-17-5-6-19(10-25(17)36-27-33-9-7-24(35-27)20-4-3-8-32-14-20)26(41)38-39-37-22-11-21(28(29,30)31)12-23(13-22)40-15-18(2)34-16-40/h3-16H,1-2H3,(H,33,35,36)/q+1. The summed E-state index contributed by atoms with van der Waals surface area (Å²) in [5.41, 5.74) is 2.79. The lowest BCUT2D eigenvalue weighted by Crippen LogP contribution is -2.06. The van der Waals surface area contributed by atoms with Gasteiger partial charge in [0, 0.05) is 41.7 Å². The first-order chi connectivity index (χ1) is 19.7. The van der Waals surface area contributed by atoms with Crippen LogP contribution in [0.3, 0.4) is 0 Å². The highest BCUT2D eigenvalue weighted by atomic mass is 19.4. The first kappa shape index (κ1) is 27.0. The van der Waals surface area contributed by atoms with Crippen LogP contribution in [-0.4, -0.2) is 30.4 Å². The normalized spacial score (nSPS) is 11.0. The summed E-state index contributed by atoms with van der Waals surface area (Å²) in [6, 6.07) is 13.4. The van der Waals surface area contributed by atoms with Crippen molar-refractivity contribution >= 4 is 23.2 Å². The van der Waals surface area contributed by atoms with Crippen molar-refractivity contribution in [1.82, 2.24) is 29.4 Å². The summed E-state index contributed by atoms with van der Waals surface area (Å²) in [7, 11) is 0. The first-order valence-electron chi connectivity index (χ1n) is 12.2. The molecule has 0 atom stereocenters. The van der Waals surface area contributed by atoms with E-state index >= 15 is 0 Å². The average molecular weight is 557 g/mol. The minimum absolute atomic E-state index is 0.130. The quantitative estimate of drug-likeness (QED) is 0.187. The number of pyridine rings is 1. The summed E-state index contributed by atoms with van der Waals surface area (Å²) in [5.74, 6) is -0.427. The van der Waals surface area contributed by atoms with Gasteiger partial charge in [-0.1, -0.05) is 6.07 Å². The molecule has 0 saturated heterocycles. The molecule has 1 N–H and O–H groups in total. The van der Waals surface area contributed by atoms with E-state index in [2.05, 4.69) is 40.4 Å². The summed E-state index contributed by atoms with van der Waals surface area (Å²) >= 11 is 0. The number of nitrogens with one attached hydrogen (secondary N) is 1. The molecule has 5 aromatic rings. The zero-order valence-corrected chi connectivity index (χ0v) is 21.7. The number of aryl methyl sites for hydroxylation is 2. The number of carbonyl (C=O) groups excluding carboxylic acids is 1. The Balaban J connectivity index is 1.38. The van der Waals surface area contributed by atoms with Crippen LogP contribution in [0.25, 0.3) is 16.9 Å². The van der Waals surface area contributed by atoms with Crippen LogP contribution in [0.5, 0.6) is 0 Å². The van der Waals surface area contributed by atoms with E-state index in [9.17, 15) is 18.0 Å². The first-order valence-corrected chi connectivity index (χ1v) is 12.2. The molecule has 3 aromatic heterocycles. The third kappa shape index (κ3) is 6.54. The van der Waals surface area contributed by atoms with Crippen LogP contribution >= 0.6 is 0 Å². The van der Waals surface area contributed by atoms with Crippen LogP contribution in [-0.2, 0) is 6.18 Å². The van der Waals surface area contributed by atoms with Gasteiger partial charge in [0.2, 0.25) is 16.0 Å². The van der Waals surface area contributed by atoms with Crippen molar-refractivity contribution < 1.29 is 18.0 Å². The van der Waals surface area contributed by atoms with Gasteiger partial charge in [-0.25, -0.2) is 15.0 Å². The lowest BCUT2D eigenvalue weighted by Gasteiger charge is -2.10. The predicted octanol–water partition coefficient (Wildman–Crippen LogP) is 6.55. The van der Waals surface area contributed by atoms with Gasteiger partial charge in [-0.15, -0.1) is 0 Å². The van der Waals surface area contributed by atoms with E-state index in [0.717, 1.165) is 23.3 Å². The van der Waals surface area contributed by atoms with E-state index in [-0.39, 0.29) is 16.9 Å². The molecule has 0 aliphatic heterocycles. The molecule has 0 radical (unpaired) electrons. The Kier molecular flexibility index (Phi) is 7.44. The Labute approximate surface area is 231 Å². The molecular weight excluding hydrogens is 535 g/mol. The Bertz CT molecular complexity index is 1790. The van der Waals surface area contributed by atoms with E-state index in [0.29, 0.717) is 23.0 Å². The topological polar surface area (TPSA) is 124 Å². The largest absolute Gasteiger partial charge is 0.416 e. The molecule has 0 aliphatic rings. The van der Waals surface area contributed by atoms with Crippen molar-refractivity contribution in [1.29, 1.82) is 0 Å². The van der Waals surface area contributed by atoms with Gasteiger partial charge in [-0.2, -0.15) is 13.2 Å². The highest BCUT2D eigenvalue weighted by Crippen LogP contribution is 2.33. The molecule has 0 aliphatic carbocycles. The summed E-state index contributed by atoms with van der Waals surface area (Å²) in [6.45, 7) is 3.55. The van der Waals surface area contributed by atoms with Gasteiger partial charge < -0.3 is 9.88 Å². The average Bonchev–Trinajstić information content (AvgIpc) is 3.40. The summed E-state index contributed by atoms with van der Waals surface area (Å²) < 4.78 is 41.9. The molecular formula is C28H21F3N9O+. The number of alkyl halides is 3.